The Labute approximate surface area is 113 Å². The number of aliphatic imine (C=N–C) groups is 1. The van der Waals surface area contributed by atoms with Gasteiger partial charge in [-0.1, -0.05) is 37.3 Å². The number of nitrogens with zero attached hydrogens (tertiary/aromatic N) is 1. The van der Waals surface area contributed by atoms with Gasteiger partial charge in [-0.25, -0.2) is 0 Å². The van der Waals surface area contributed by atoms with Crippen molar-refractivity contribution < 1.29 is 9.90 Å². The van der Waals surface area contributed by atoms with Crippen molar-refractivity contribution >= 4 is 11.5 Å². The summed E-state index contributed by atoms with van der Waals surface area (Å²) in [7, 11) is 0. The Kier molecular flexibility index (Phi) is 4.50. The zero-order chi connectivity index (χ0) is 13.7. The zero-order valence-electron chi connectivity index (χ0n) is 11.2. The lowest BCUT2D eigenvalue weighted by molar-refractivity contribution is -0.115. The van der Waals surface area contributed by atoms with E-state index in [9.17, 15) is 9.90 Å². The molecule has 1 N–H and O–H groups in total. The van der Waals surface area contributed by atoms with Gasteiger partial charge in [0.15, 0.2) is 5.78 Å². The summed E-state index contributed by atoms with van der Waals surface area (Å²) in [5, 5.41) is 9.90. The first-order valence-electron chi connectivity index (χ1n) is 6.75. The summed E-state index contributed by atoms with van der Waals surface area (Å²) in [6.07, 6.45) is 2.60. The normalized spacial score (nSPS) is 20.7. The first-order valence-corrected chi connectivity index (χ1v) is 6.75. The third-order valence-electron chi connectivity index (χ3n) is 3.30. The van der Waals surface area contributed by atoms with E-state index in [4.69, 9.17) is 0 Å². The minimum Gasteiger partial charge on any atom is -0.512 e. The first kappa shape index (κ1) is 13.5. The van der Waals surface area contributed by atoms with Crippen molar-refractivity contribution in [3.05, 3.63) is 47.2 Å². The summed E-state index contributed by atoms with van der Waals surface area (Å²) >= 11 is 0. The van der Waals surface area contributed by atoms with Gasteiger partial charge in [-0.15, -0.1) is 0 Å². The molecule has 0 spiro atoms. The summed E-state index contributed by atoms with van der Waals surface area (Å²) in [5.41, 5.74) is 2.34. The van der Waals surface area contributed by atoms with Crippen LogP contribution in [0.4, 0.5) is 0 Å². The van der Waals surface area contributed by atoms with Crippen molar-refractivity contribution in [1.82, 2.24) is 0 Å². The number of hydrogen-bond acceptors (Lipinski definition) is 3. The van der Waals surface area contributed by atoms with Crippen LogP contribution in [0.25, 0.3) is 0 Å². The Balaban J connectivity index is 2.23. The number of benzene rings is 1. The number of allylic oxidation sites excluding steroid dienone is 2. The van der Waals surface area contributed by atoms with E-state index in [0.29, 0.717) is 25.0 Å². The van der Waals surface area contributed by atoms with Crippen LogP contribution in [0.5, 0.6) is 0 Å². The highest BCUT2D eigenvalue weighted by molar-refractivity contribution is 6.24. The highest BCUT2D eigenvalue weighted by Gasteiger charge is 2.24. The maximum absolute atomic E-state index is 11.9. The summed E-state index contributed by atoms with van der Waals surface area (Å²) in [6, 6.07) is 9.94. The van der Waals surface area contributed by atoms with E-state index in [0.717, 1.165) is 24.1 Å². The van der Waals surface area contributed by atoms with Crippen LogP contribution in [0.15, 0.2) is 46.7 Å². The third-order valence-corrected chi connectivity index (χ3v) is 3.30. The minimum atomic E-state index is 0.0254. The van der Waals surface area contributed by atoms with Crippen molar-refractivity contribution in [2.24, 2.45) is 4.99 Å². The summed E-state index contributed by atoms with van der Waals surface area (Å²) in [6.45, 7) is 2.41. The van der Waals surface area contributed by atoms with Gasteiger partial charge in [0, 0.05) is 18.6 Å². The molecule has 0 atom stereocenters. The van der Waals surface area contributed by atoms with Gasteiger partial charge in [0.2, 0.25) is 0 Å². The molecular weight excluding hydrogens is 238 g/mol. The van der Waals surface area contributed by atoms with Crippen LogP contribution in [0, 0.1) is 0 Å². The molecule has 1 aliphatic rings. The van der Waals surface area contributed by atoms with Crippen LogP contribution >= 0.6 is 0 Å². The predicted molar refractivity (Wildman–Crippen MR) is 76.4 cm³/mol. The molecule has 0 aromatic heterocycles. The van der Waals surface area contributed by atoms with Crippen molar-refractivity contribution in [3.63, 3.8) is 0 Å². The largest absolute Gasteiger partial charge is 0.512 e. The second-order valence-electron chi connectivity index (χ2n) is 4.70. The summed E-state index contributed by atoms with van der Waals surface area (Å²) < 4.78 is 0. The molecule has 1 aromatic carbocycles. The molecule has 100 valence electrons. The number of aliphatic hydroxyl groups is 1. The third kappa shape index (κ3) is 3.31. The van der Waals surface area contributed by atoms with E-state index in [2.05, 4.69) is 4.99 Å². The van der Waals surface area contributed by atoms with Gasteiger partial charge in [0.1, 0.15) is 5.76 Å². The number of carbonyl (C=O) groups excluding carboxylic acids is 1. The maximum Gasteiger partial charge on any atom is 0.168 e. The Morgan fingerprint density at radius 3 is 2.68 bits per heavy atom. The maximum atomic E-state index is 11.9. The van der Waals surface area contributed by atoms with Gasteiger partial charge >= 0.3 is 0 Å². The molecule has 1 fully saturated rings. The summed E-state index contributed by atoms with van der Waals surface area (Å²) in [4.78, 5) is 16.4. The van der Waals surface area contributed by atoms with E-state index < -0.39 is 0 Å². The number of Topliss-reactive ketones (excluding diaryl/α,β-unsaturated/α-hetero) is 1. The molecule has 0 saturated heterocycles. The SMILES string of the molecule is CC/C(O)=C1\C(=O)CCCC1=NCc1ccccc1. The molecule has 0 heterocycles. The lowest BCUT2D eigenvalue weighted by Crippen LogP contribution is -2.21. The summed E-state index contributed by atoms with van der Waals surface area (Å²) in [5.74, 6) is 0.203. The van der Waals surface area contributed by atoms with Gasteiger partial charge in [-0.05, 0) is 18.4 Å². The number of aliphatic hydroxyl groups excluding tert-OH is 1. The van der Waals surface area contributed by atoms with Crippen LogP contribution < -0.4 is 0 Å². The monoisotopic (exact) mass is 257 g/mol. The fourth-order valence-electron chi connectivity index (χ4n) is 2.26. The zero-order valence-corrected chi connectivity index (χ0v) is 11.2. The molecule has 1 aromatic rings. The Morgan fingerprint density at radius 2 is 2.00 bits per heavy atom. The van der Waals surface area contributed by atoms with E-state index >= 15 is 0 Å². The van der Waals surface area contributed by atoms with Crippen molar-refractivity contribution in [2.45, 2.75) is 39.2 Å². The molecule has 3 heteroatoms. The van der Waals surface area contributed by atoms with E-state index in [1.807, 2.05) is 37.3 Å². The average molecular weight is 257 g/mol. The van der Waals surface area contributed by atoms with Crippen LogP contribution in [0.2, 0.25) is 0 Å². The topological polar surface area (TPSA) is 49.7 Å². The Bertz CT molecular complexity index is 515. The van der Waals surface area contributed by atoms with E-state index in [1.165, 1.54) is 0 Å². The van der Waals surface area contributed by atoms with E-state index in [-0.39, 0.29) is 11.5 Å². The lowest BCUT2D eigenvalue weighted by Gasteiger charge is -2.17. The van der Waals surface area contributed by atoms with Crippen LogP contribution in [-0.2, 0) is 11.3 Å². The van der Waals surface area contributed by atoms with E-state index in [1.54, 1.807) is 0 Å². The molecule has 0 aliphatic heterocycles. The minimum absolute atomic E-state index is 0.0254. The Morgan fingerprint density at radius 1 is 1.26 bits per heavy atom. The first-order chi connectivity index (χ1) is 9.22. The van der Waals surface area contributed by atoms with Crippen molar-refractivity contribution in [2.75, 3.05) is 0 Å². The van der Waals surface area contributed by atoms with Gasteiger partial charge in [-0.3, -0.25) is 9.79 Å². The molecule has 0 unspecified atom stereocenters. The standard InChI is InChI=1S/C16H19NO2/c1-2-14(18)16-13(9-6-10-15(16)19)17-11-12-7-4-3-5-8-12/h3-5,7-8,18H,2,6,9-11H2,1H3/b16-14+,17-13?. The predicted octanol–water partition coefficient (Wildman–Crippen LogP) is 3.60. The second-order valence-corrected chi connectivity index (χ2v) is 4.70. The number of hydrogen-bond donors (Lipinski definition) is 1. The van der Waals surface area contributed by atoms with Gasteiger partial charge in [0.05, 0.1) is 12.1 Å². The van der Waals surface area contributed by atoms with Crippen molar-refractivity contribution in [3.8, 4) is 0 Å². The highest BCUT2D eigenvalue weighted by atomic mass is 16.3. The molecule has 19 heavy (non-hydrogen) atoms. The molecule has 0 radical (unpaired) electrons. The average Bonchev–Trinajstić information content (AvgIpc) is 2.45. The van der Waals surface area contributed by atoms with Crippen LogP contribution in [-0.4, -0.2) is 16.6 Å². The number of carbonyl (C=O) groups is 1. The van der Waals surface area contributed by atoms with Crippen LogP contribution in [0.1, 0.15) is 38.2 Å². The number of ketones is 1. The lowest BCUT2D eigenvalue weighted by atomic mass is 9.90. The fraction of sp³-hybridized carbons (Fsp3) is 0.375. The van der Waals surface area contributed by atoms with Crippen molar-refractivity contribution in [1.29, 1.82) is 0 Å². The molecule has 1 saturated carbocycles. The second kappa shape index (κ2) is 6.32. The molecule has 1 aliphatic carbocycles. The molecule has 3 nitrogen and oxygen atoms in total. The van der Waals surface area contributed by atoms with Crippen LogP contribution in [0.3, 0.4) is 0 Å². The van der Waals surface area contributed by atoms with Gasteiger partial charge in [-0.2, -0.15) is 0 Å². The number of rotatable bonds is 3. The highest BCUT2D eigenvalue weighted by Crippen LogP contribution is 2.22. The molecule has 0 bridgehead atoms. The molecular formula is C16H19NO2. The van der Waals surface area contributed by atoms with Gasteiger partial charge in [0.25, 0.3) is 0 Å². The molecule has 0 amide bonds. The Hall–Kier alpha value is -1.90. The smallest absolute Gasteiger partial charge is 0.168 e. The van der Waals surface area contributed by atoms with Gasteiger partial charge < -0.3 is 5.11 Å². The fourth-order valence-corrected chi connectivity index (χ4v) is 2.26. The quantitative estimate of drug-likeness (QED) is 0.664. The molecule has 2 rings (SSSR count).